The summed E-state index contributed by atoms with van der Waals surface area (Å²) in [5, 5.41) is 10.6. The first-order valence-electron chi connectivity index (χ1n) is 10.4. The highest BCUT2D eigenvalue weighted by Gasteiger charge is 2.37. The fraction of sp³-hybridized carbons (Fsp3) is 0.478. The number of β-amino-alcohol motifs (C(OH)–C–C–N with tert-alkyl or cyclic N) is 1. The molecule has 0 spiro atoms. The summed E-state index contributed by atoms with van der Waals surface area (Å²) in [4.78, 5) is 29.9. The van der Waals surface area contributed by atoms with Crippen molar-refractivity contribution in [2.24, 2.45) is 5.41 Å². The van der Waals surface area contributed by atoms with E-state index in [2.05, 4.69) is 4.90 Å². The Kier molecular flexibility index (Phi) is 5.70. The maximum atomic E-state index is 13.5. The zero-order valence-electron chi connectivity index (χ0n) is 18.0. The maximum absolute atomic E-state index is 13.5. The maximum Gasteiger partial charge on any atom is 0.270 e. The second-order valence-corrected chi connectivity index (χ2v) is 9.73. The standard InChI is InChI=1S/C23H27ClFN3O3/c1-23(2)13-28-20(30)9-15-11-27(10-14-4-5-18(25)17(24)8-14)7-6-16(15)21(28)22(31)26(3)12-19(23)29/h4-5,8-9,19,29H,6-7,10-13H2,1-3H3/t19-/m0/s1. The number of halogens is 2. The third-order valence-electron chi connectivity index (χ3n) is 6.43. The molecule has 0 saturated carbocycles. The van der Waals surface area contributed by atoms with Crippen molar-refractivity contribution in [1.82, 2.24) is 14.4 Å². The van der Waals surface area contributed by atoms with Gasteiger partial charge in [0.2, 0.25) is 0 Å². The van der Waals surface area contributed by atoms with Crippen LogP contribution in [0.15, 0.2) is 29.1 Å². The van der Waals surface area contributed by atoms with Gasteiger partial charge >= 0.3 is 0 Å². The average molecular weight is 448 g/mol. The third kappa shape index (κ3) is 4.14. The van der Waals surface area contributed by atoms with Gasteiger partial charge in [-0.25, -0.2) is 4.39 Å². The first-order chi connectivity index (χ1) is 14.6. The lowest BCUT2D eigenvalue weighted by Gasteiger charge is -2.39. The van der Waals surface area contributed by atoms with Crippen molar-refractivity contribution >= 4 is 17.5 Å². The van der Waals surface area contributed by atoms with E-state index in [9.17, 15) is 19.1 Å². The molecule has 4 rings (SSSR count). The van der Waals surface area contributed by atoms with E-state index in [1.807, 2.05) is 13.8 Å². The zero-order valence-corrected chi connectivity index (χ0v) is 18.7. The number of likely N-dealkylation sites (N-methyl/N-ethyl adjacent to an activating group) is 1. The topological polar surface area (TPSA) is 65.8 Å². The number of hydrogen-bond acceptors (Lipinski definition) is 4. The number of benzene rings is 1. The summed E-state index contributed by atoms with van der Waals surface area (Å²) >= 11 is 5.91. The van der Waals surface area contributed by atoms with Crippen molar-refractivity contribution in [1.29, 1.82) is 0 Å². The fourth-order valence-electron chi connectivity index (χ4n) is 4.46. The Morgan fingerprint density at radius 2 is 2.00 bits per heavy atom. The summed E-state index contributed by atoms with van der Waals surface area (Å²) in [5.74, 6) is -0.681. The van der Waals surface area contributed by atoms with Gasteiger partial charge in [-0.1, -0.05) is 31.5 Å². The van der Waals surface area contributed by atoms with E-state index in [-0.39, 0.29) is 29.6 Å². The van der Waals surface area contributed by atoms with E-state index >= 15 is 0 Å². The van der Waals surface area contributed by atoms with Crippen LogP contribution in [0.5, 0.6) is 0 Å². The van der Waals surface area contributed by atoms with Gasteiger partial charge in [-0.05, 0) is 35.2 Å². The number of hydrogen-bond donors (Lipinski definition) is 1. The van der Waals surface area contributed by atoms with Crippen LogP contribution < -0.4 is 5.56 Å². The minimum absolute atomic E-state index is 0.0907. The Balaban J connectivity index is 1.69. The number of fused-ring (bicyclic) bond motifs is 3. The molecule has 0 fully saturated rings. The Labute approximate surface area is 185 Å². The Bertz CT molecular complexity index is 1100. The molecular weight excluding hydrogens is 421 g/mol. The molecule has 2 aromatic rings. The molecule has 2 aliphatic rings. The molecule has 1 N–H and O–H groups in total. The number of pyridine rings is 1. The number of aromatic nitrogens is 1. The van der Waals surface area contributed by atoms with Gasteiger partial charge in [0, 0.05) is 51.3 Å². The van der Waals surface area contributed by atoms with Crippen LogP contribution >= 0.6 is 11.6 Å². The molecule has 1 amide bonds. The molecule has 1 aromatic heterocycles. The molecule has 3 heterocycles. The average Bonchev–Trinajstić information content (AvgIpc) is 2.70. The molecule has 0 saturated heterocycles. The van der Waals surface area contributed by atoms with E-state index in [0.717, 1.165) is 16.7 Å². The van der Waals surface area contributed by atoms with E-state index < -0.39 is 17.3 Å². The first kappa shape index (κ1) is 22.0. The van der Waals surface area contributed by atoms with Crippen LogP contribution in [0.4, 0.5) is 4.39 Å². The molecule has 6 nitrogen and oxygen atoms in total. The highest BCUT2D eigenvalue weighted by molar-refractivity contribution is 6.30. The van der Waals surface area contributed by atoms with E-state index in [4.69, 9.17) is 11.6 Å². The van der Waals surface area contributed by atoms with Crippen LogP contribution in [0, 0.1) is 11.2 Å². The van der Waals surface area contributed by atoms with E-state index in [1.165, 1.54) is 15.5 Å². The predicted octanol–water partition coefficient (Wildman–Crippen LogP) is 2.67. The highest BCUT2D eigenvalue weighted by Crippen LogP contribution is 2.30. The van der Waals surface area contributed by atoms with Gasteiger partial charge < -0.3 is 14.6 Å². The molecular formula is C23H27ClFN3O3. The summed E-state index contributed by atoms with van der Waals surface area (Å²) < 4.78 is 15.0. The molecule has 2 aliphatic heterocycles. The smallest absolute Gasteiger partial charge is 0.270 e. The zero-order chi connectivity index (χ0) is 22.5. The Morgan fingerprint density at radius 1 is 1.26 bits per heavy atom. The third-order valence-corrected chi connectivity index (χ3v) is 6.72. The fourth-order valence-corrected chi connectivity index (χ4v) is 4.67. The summed E-state index contributed by atoms with van der Waals surface area (Å²) in [6.45, 7) is 6.13. The Hall–Kier alpha value is -2.22. The van der Waals surface area contributed by atoms with Crippen molar-refractivity contribution in [2.75, 3.05) is 20.1 Å². The molecule has 8 heteroatoms. The molecule has 31 heavy (non-hydrogen) atoms. The molecule has 0 radical (unpaired) electrons. The predicted molar refractivity (Wildman–Crippen MR) is 117 cm³/mol. The molecule has 0 aliphatic carbocycles. The van der Waals surface area contributed by atoms with Gasteiger partial charge in [0.25, 0.3) is 11.5 Å². The lowest BCUT2D eigenvalue weighted by Crippen LogP contribution is -2.50. The molecule has 1 atom stereocenters. The number of amides is 1. The van der Waals surface area contributed by atoms with Crippen LogP contribution in [-0.4, -0.2) is 51.6 Å². The van der Waals surface area contributed by atoms with E-state index in [1.54, 1.807) is 25.2 Å². The van der Waals surface area contributed by atoms with E-state index in [0.29, 0.717) is 31.7 Å². The number of rotatable bonds is 2. The summed E-state index contributed by atoms with van der Waals surface area (Å²) in [6, 6.07) is 6.29. The van der Waals surface area contributed by atoms with Crippen LogP contribution in [0.1, 0.15) is 41.0 Å². The van der Waals surface area contributed by atoms with Crippen LogP contribution in [-0.2, 0) is 26.1 Å². The first-order valence-corrected chi connectivity index (χ1v) is 10.8. The number of aliphatic hydroxyl groups excluding tert-OH is 1. The van der Waals surface area contributed by atoms with Gasteiger partial charge in [0.15, 0.2) is 0 Å². The quantitative estimate of drug-likeness (QED) is 0.768. The van der Waals surface area contributed by atoms with Crippen LogP contribution in [0.3, 0.4) is 0 Å². The van der Waals surface area contributed by atoms with Crippen molar-refractivity contribution in [3.8, 4) is 0 Å². The normalized spacial score (nSPS) is 21.3. The minimum Gasteiger partial charge on any atom is -0.391 e. The minimum atomic E-state index is -0.726. The van der Waals surface area contributed by atoms with Crippen molar-refractivity contribution in [3.63, 3.8) is 0 Å². The lowest BCUT2D eigenvalue weighted by atomic mass is 9.84. The largest absolute Gasteiger partial charge is 0.391 e. The molecule has 166 valence electrons. The second kappa shape index (κ2) is 8.04. The van der Waals surface area contributed by atoms with Crippen LogP contribution in [0.2, 0.25) is 5.02 Å². The van der Waals surface area contributed by atoms with Gasteiger partial charge in [-0.2, -0.15) is 0 Å². The molecule has 1 aromatic carbocycles. The lowest BCUT2D eigenvalue weighted by molar-refractivity contribution is 0.00660. The summed E-state index contributed by atoms with van der Waals surface area (Å²) in [6.07, 6.45) is -0.0989. The SMILES string of the molecule is CN1C[C@H](O)C(C)(C)Cn2c(c3c(cc2=O)CN(Cc2ccc(F)c(Cl)c2)CC3)C1=O. The van der Waals surface area contributed by atoms with Gasteiger partial charge in [0.1, 0.15) is 11.5 Å². The monoisotopic (exact) mass is 447 g/mol. The summed E-state index contributed by atoms with van der Waals surface area (Å²) in [7, 11) is 1.66. The van der Waals surface area contributed by atoms with Crippen molar-refractivity contribution < 1.29 is 14.3 Å². The number of aliphatic hydroxyl groups is 1. The van der Waals surface area contributed by atoms with Crippen molar-refractivity contribution in [2.45, 2.75) is 46.0 Å². The molecule has 0 bridgehead atoms. The molecule has 0 unspecified atom stereocenters. The second-order valence-electron chi connectivity index (χ2n) is 9.32. The van der Waals surface area contributed by atoms with Gasteiger partial charge in [-0.15, -0.1) is 0 Å². The highest BCUT2D eigenvalue weighted by atomic mass is 35.5. The van der Waals surface area contributed by atoms with Gasteiger partial charge in [-0.3, -0.25) is 14.5 Å². The number of carbonyl (C=O) groups excluding carboxylic acids is 1. The number of nitrogens with zero attached hydrogens (tertiary/aromatic N) is 3. The van der Waals surface area contributed by atoms with Gasteiger partial charge in [0.05, 0.1) is 11.1 Å². The Morgan fingerprint density at radius 3 is 2.71 bits per heavy atom. The number of carbonyl (C=O) groups is 1. The van der Waals surface area contributed by atoms with Crippen LogP contribution in [0.25, 0.3) is 0 Å². The summed E-state index contributed by atoms with van der Waals surface area (Å²) in [5.41, 5.74) is 2.29. The van der Waals surface area contributed by atoms with Crippen molar-refractivity contribution in [3.05, 3.63) is 67.8 Å².